The highest BCUT2D eigenvalue weighted by Gasteiger charge is 2.24. The molecule has 1 saturated carbocycles. The summed E-state index contributed by atoms with van der Waals surface area (Å²) in [4.78, 5) is 11.3. The molecule has 2 aliphatic rings. The van der Waals surface area contributed by atoms with Crippen molar-refractivity contribution in [1.82, 2.24) is 9.97 Å². The van der Waals surface area contributed by atoms with E-state index in [0.29, 0.717) is 12.0 Å². The molecule has 5 heteroatoms. The maximum atomic E-state index is 5.74. The first-order valence-electron chi connectivity index (χ1n) is 6.82. The maximum Gasteiger partial charge on any atom is 0.134 e. The van der Waals surface area contributed by atoms with Crippen LogP contribution in [0.15, 0.2) is 6.07 Å². The predicted molar refractivity (Wildman–Crippen MR) is 72.8 cm³/mol. The normalized spacial score (nSPS) is 23.4. The molecule has 1 aliphatic heterocycles. The van der Waals surface area contributed by atoms with Crippen LogP contribution in [0.2, 0.25) is 0 Å². The summed E-state index contributed by atoms with van der Waals surface area (Å²) in [6.45, 7) is 4.81. The lowest BCUT2D eigenvalue weighted by molar-refractivity contribution is 0.602. The molecule has 3 N–H and O–H groups in total. The molecule has 5 nitrogen and oxygen atoms in total. The standard InChI is InChI=1S/C13H21N5/c1-9-15-12(17-11-2-3-11)6-13(16-9)18-5-4-10(7-14)8-18/h6,10-11H,2-5,7-8,14H2,1H3,(H,15,16,17). The third-order valence-electron chi connectivity index (χ3n) is 3.70. The number of nitrogens with one attached hydrogen (secondary N) is 1. The van der Waals surface area contributed by atoms with Gasteiger partial charge in [-0.15, -0.1) is 0 Å². The molecular weight excluding hydrogens is 226 g/mol. The van der Waals surface area contributed by atoms with Crippen LogP contribution in [0.5, 0.6) is 0 Å². The highest BCUT2D eigenvalue weighted by atomic mass is 15.2. The number of anilines is 2. The summed E-state index contributed by atoms with van der Waals surface area (Å²) in [5.41, 5.74) is 5.74. The van der Waals surface area contributed by atoms with Crippen LogP contribution in [0.4, 0.5) is 11.6 Å². The quantitative estimate of drug-likeness (QED) is 0.835. The molecule has 3 rings (SSSR count). The summed E-state index contributed by atoms with van der Waals surface area (Å²) in [7, 11) is 0. The van der Waals surface area contributed by atoms with Crippen molar-refractivity contribution >= 4 is 11.6 Å². The fourth-order valence-corrected chi connectivity index (χ4v) is 2.46. The van der Waals surface area contributed by atoms with E-state index in [9.17, 15) is 0 Å². The lowest BCUT2D eigenvalue weighted by Crippen LogP contribution is -2.24. The second-order valence-corrected chi connectivity index (χ2v) is 5.41. The van der Waals surface area contributed by atoms with Crippen molar-refractivity contribution < 1.29 is 0 Å². The van der Waals surface area contributed by atoms with Crippen LogP contribution >= 0.6 is 0 Å². The summed E-state index contributed by atoms with van der Waals surface area (Å²) in [6, 6.07) is 2.70. The summed E-state index contributed by atoms with van der Waals surface area (Å²) >= 11 is 0. The van der Waals surface area contributed by atoms with Crippen molar-refractivity contribution in [2.45, 2.75) is 32.2 Å². The number of nitrogens with two attached hydrogens (primary N) is 1. The Labute approximate surface area is 108 Å². The van der Waals surface area contributed by atoms with Crippen LogP contribution in [0.3, 0.4) is 0 Å². The van der Waals surface area contributed by atoms with Gasteiger partial charge in [-0.25, -0.2) is 9.97 Å². The molecule has 1 aromatic rings. The molecule has 0 amide bonds. The van der Waals surface area contributed by atoms with Gasteiger partial charge in [-0.3, -0.25) is 0 Å². The minimum atomic E-state index is 0.611. The predicted octanol–water partition coefficient (Wildman–Crippen LogP) is 1.14. The molecule has 0 aromatic carbocycles. The van der Waals surface area contributed by atoms with Crippen molar-refractivity contribution in [2.75, 3.05) is 29.9 Å². The van der Waals surface area contributed by atoms with Gasteiger partial charge in [0.25, 0.3) is 0 Å². The van der Waals surface area contributed by atoms with E-state index in [1.165, 1.54) is 19.3 Å². The van der Waals surface area contributed by atoms with Gasteiger partial charge in [0, 0.05) is 25.2 Å². The SMILES string of the molecule is Cc1nc(NC2CC2)cc(N2CCC(CN)C2)n1. The van der Waals surface area contributed by atoms with E-state index in [1.807, 2.05) is 6.92 Å². The molecule has 0 radical (unpaired) electrons. The Morgan fingerprint density at radius 1 is 1.39 bits per heavy atom. The van der Waals surface area contributed by atoms with Crippen LogP contribution in [0.1, 0.15) is 25.1 Å². The van der Waals surface area contributed by atoms with Crippen molar-refractivity contribution in [3.05, 3.63) is 11.9 Å². The van der Waals surface area contributed by atoms with Crippen molar-refractivity contribution in [3.63, 3.8) is 0 Å². The molecule has 1 aromatic heterocycles. The zero-order valence-electron chi connectivity index (χ0n) is 10.9. The van der Waals surface area contributed by atoms with E-state index >= 15 is 0 Å². The van der Waals surface area contributed by atoms with E-state index in [-0.39, 0.29) is 0 Å². The summed E-state index contributed by atoms with van der Waals surface area (Å²) in [5.74, 6) is 3.46. The largest absolute Gasteiger partial charge is 0.367 e. The zero-order valence-corrected chi connectivity index (χ0v) is 10.9. The fourth-order valence-electron chi connectivity index (χ4n) is 2.46. The minimum absolute atomic E-state index is 0.611. The first-order valence-corrected chi connectivity index (χ1v) is 6.82. The Balaban J connectivity index is 1.76. The van der Waals surface area contributed by atoms with Gasteiger partial charge >= 0.3 is 0 Å². The van der Waals surface area contributed by atoms with Gasteiger partial charge in [-0.1, -0.05) is 0 Å². The lowest BCUT2D eigenvalue weighted by atomic mass is 10.1. The molecule has 1 aliphatic carbocycles. The van der Waals surface area contributed by atoms with Crippen LogP contribution in [-0.2, 0) is 0 Å². The van der Waals surface area contributed by atoms with Crippen LogP contribution in [-0.4, -0.2) is 35.6 Å². The Morgan fingerprint density at radius 3 is 2.89 bits per heavy atom. The fraction of sp³-hybridized carbons (Fsp3) is 0.692. The average molecular weight is 247 g/mol. The second kappa shape index (κ2) is 4.72. The number of aryl methyl sites for hydroxylation is 1. The van der Waals surface area contributed by atoms with Gasteiger partial charge in [0.1, 0.15) is 17.5 Å². The molecule has 2 fully saturated rings. The van der Waals surface area contributed by atoms with Gasteiger partial charge in [-0.05, 0) is 38.6 Å². The highest BCUT2D eigenvalue weighted by molar-refractivity contribution is 5.51. The van der Waals surface area contributed by atoms with E-state index in [1.54, 1.807) is 0 Å². The topological polar surface area (TPSA) is 67.1 Å². The Hall–Kier alpha value is -1.36. The Kier molecular flexibility index (Phi) is 3.07. The van der Waals surface area contributed by atoms with Crippen LogP contribution in [0.25, 0.3) is 0 Å². The van der Waals surface area contributed by atoms with Crippen LogP contribution in [0, 0.1) is 12.8 Å². The van der Waals surface area contributed by atoms with Gasteiger partial charge in [0.15, 0.2) is 0 Å². The Morgan fingerprint density at radius 2 is 2.22 bits per heavy atom. The lowest BCUT2D eigenvalue weighted by Gasteiger charge is -2.18. The third kappa shape index (κ3) is 2.56. The van der Waals surface area contributed by atoms with Crippen LogP contribution < -0.4 is 16.0 Å². The number of hydrogen-bond acceptors (Lipinski definition) is 5. The van der Waals surface area contributed by atoms with Gasteiger partial charge < -0.3 is 16.0 Å². The third-order valence-corrected chi connectivity index (χ3v) is 3.70. The molecule has 2 heterocycles. The maximum absolute atomic E-state index is 5.74. The average Bonchev–Trinajstić information content (AvgIpc) is 3.03. The van der Waals surface area contributed by atoms with Gasteiger partial charge in [0.05, 0.1) is 0 Å². The first kappa shape index (κ1) is 11.7. The highest BCUT2D eigenvalue weighted by Crippen LogP contribution is 2.27. The molecule has 0 bridgehead atoms. The van der Waals surface area contributed by atoms with E-state index in [2.05, 4.69) is 26.3 Å². The summed E-state index contributed by atoms with van der Waals surface area (Å²) < 4.78 is 0. The molecule has 98 valence electrons. The zero-order chi connectivity index (χ0) is 12.5. The number of nitrogens with zero attached hydrogens (tertiary/aromatic N) is 3. The summed E-state index contributed by atoms with van der Waals surface area (Å²) in [6.07, 6.45) is 3.69. The number of hydrogen-bond donors (Lipinski definition) is 2. The molecule has 0 spiro atoms. The molecule has 18 heavy (non-hydrogen) atoms. The van der Waals surface area contributed by atoms with Gasteiger partial charge in [0.2, 0.25) is 0 Å². The first-order chi connectivity index (χ1) is 8.74. The molecular formula is C13H21N5. The smallest absolute Gasteiger partial charge is 0.134 e. The molecule has 1 saturated heterocycles. The number of aromatic nitrogens is 2. The molecule has 1 atom stereocenters. The van der Waals surface area contributed by atoms with E-state index < -0.39 is 0 Å². The monoisotopic (exact) mass is 247 g/mol. The summed E-state index contributed by atoms with van der Waals surface area (Å²) in [5, 5.41) is 3.44. The van der Waals surface area contributed by atoms with E-state index in [0.717, 1.165) is 37.1 Å². The minimum Gasteiger partial charge on any atom is -0.367 e. The second-order valence-electron chi connectivity index (χ2n) is 5.41. The van der Waals surface area contributed by atoms with Crippen molar-refractivity contribution in [2.24, 2.45) is 11.7 Å². The van der Waals surface area contributed by atoms with E-state index in [4.69, 9.17) is 5.73 Å². The van der Waals surface area contributed by atoms with Gasteiger partial charge in [-0.2, -0.15) is 0 Å². The number of rotatable bonds is 4. The van der Waals surface area contributed by atoms with Crippen molar-refractivity contribution in [1.29, 1.82) is 0 Å². The molecule has 1 unspecified atom stereocenters. The van der Waals surface area contributed by atoms with Crippen molar-refractivity contribution in [3.8, 4) is 0 Å². The Bertz CT molecular complexity index is 429.